The summed E-state index contributed by atoms with van der Waals surface area (Å²) in [7, 11) is 5.42. The minimum absolute atomic E-state index is 0.148. The van der Waals surface area contributed by atoms with Gasteiger partial charge in [-0.2, -0.15) is 0 Å². The van der Waals surface area contributed by atoms with E-state index in [9.17, 15) is 4.79 Å². The highest BCUT2D eigenvalue weighted by atomic mass is 16.5. The molecule has 0 aliphatic heterocycles. The van der Waals surface area contributed by atoms with Gasteiger partial charge in [0.05, 0.1) is 7.11 Å². The maximum absolute atomic E-state index is 12.0. The molecule has 5 heteroatoms. The first-order valence-corrected chi connectivity index (χ1v) is 7.49. The van der Waals surface area contributed by atoms with Gasteiger partial charge in [0, 0.05) is 30.9 Å². The SMILES string of the molecule is CNC1(C(=O)OC)CCC(N(C)CCc2ccccn2)C1. The molecule has 2 rings (SSSR count). The van der Waals surface area contributed by atoms with Crippen molar-refractivity contribution in [2.24, 2.45) is 0 Å². The number of rotatable bonds is 6. The van der Waals surface area contributed by atoms with Crippen LogP contribution in [0.4, 0.5) is 0 Å². The lowest BCUT2D eigenvalue weighted by Gasteiger charge is -2.28. The fourth-order valence-electron chi connectivity index (χ4n) is 3.12. The molecule has 1 N–H and O–H groups in total. The molecule has 21 heavy (non-hydrogen) atoms. The van der Waals surface area contributed by atoms with E-state index in [1.54, 1.807) is 0 Å². The van der Waals surface area contributed by atoms with E-state index < -0.39 is 5.54 Å². The summed E-state index contributed by atoms with van der Waals surface area (Å²) in [6, 6.07) is 6.40. The molecule has 0 spiro atoms. The normalized spacial score (nSPS) is 25.2. The Morgan fingerprint density at radius 2 is 2.38 bits per heavy atom. The van der Waals surface area contributed by atoms with Gasteiger partial charge in [0.2, 0.25) is 0 Å². The van der Waals surface area contributed by atoms with Crippen molar-refractivity contribution in [3.8, 4) is 0 Å². The topological polar surface area (TPSA) is 54.5 Å². The minimum Gasteiger partial charge on any atom is -0.468 e. The smallest absolute Gasteiger partial charge is 0.326 e. The Hall–Kier alpha value is -1.46. The van der Waals surface area contributed by atoms with Crippen LogP contribution in [0.25, 0.3) is 0 Å². The third kappa shape index (κ3) is 3.60. The van der Waals surface area contributed by atoms with E-state index in [1.165, 1.54) is 7.11 Å². The Bertz CT molecular complexity index is 466. The molecule has 0 bridgehead atoms. The highest BCUT2D eigenvalue weighted by Crippen LogP contribution is 2.33. The number of nitrogens with zero attached hydrogens (tertiary/aromatic N) is 2. The molecule has 0 radical (unpaired) electrons. The van der Waals surface area contributed by atoms with E-state index in [-0.39, 0.29) is 5.97 Å². The van der Waals surface area contributed by atoms with Gasteiger partial charge in [-0.05, 0) is 45.5 Å². The summed E-state index contributed by atoms with van der Waals surface area (Å²) >= 11 is 0. The van der Waals surface area contributed by atoms with E-state index in [1.807, 2.05) is 25.4 Å². The van der Waals surface area contributed by atoms with Gasteiger partial charge in [0.15, 0.2) is 0 Å². The lowest BCUT2D eigenvalue weighted by atomic mass is 9.97. The number of hydrogen-bond donors (Lipinski definition) is 1. The van der Waals surface area contributed by atoms with E-state index in [0.29, 0.717) is 6.04 Å². The van der Waals surface area contributed by atoms with Crippen molar-refractivity contribution >= 4 is 5.97 Å². The number of nitrogens with one attached hydrogen (secondary N) is 1. The molecule has 1 aliphatic rings. The van der Waals surface area contributed by atoms with Crippen LogP contribution in [-0.2, 0) is 16.0 Å². The maximum atomic E-state index is 12.0. The Morgan fingerprint density at radius 3 is 3.00 bits per heavy atom. The van der Waals surface area contributed by atoms with E-state index in [2.05, 4.69) is 28.3 Å². The molecular formula is C16H25N3O2. The zero-order valence-electron chi connectivity index (χ0n) is 13.1. The molecule has 1 heterocycles. The monoisotopic (exact) mass is 291 g/mol. The van der Waals surface area contributed by atoms with Gasteiger partial charge in [-0.3, -0.25) is 9.78 Å². The molecule has 1 aromatic heterocycles. The summed E-state index contributed by atoms with van der Waals surface area (Å²) in [5, 5.41) is 3.17. The summed E-state index contributed by atoms with van der Waals surface area (Å²) in [4.78, 5) is 18.7. The molecule has 2 unspecified atom stereocenters. The van der Waals surface area contributed by atoms with Crippen molar-refractivity contribution in [3.05, 3.63) is 30.1 Å². The molecule has 0 saturated heterocycles. The number of aromatic nitrogens is 1. The van der Waals surface area contributed by atoms with Crippen LogP contribution >= 0.6 is 0 Å². The van der Waals surface area contributed by atoms with Crippen LogP contribution in [0.5, 0.6) is 0 Å². The van der Waals surface area contributed by atoms with Crippen LogP contribution in [0.15, 0.2) is 24.4 Å². The molecule has 1 saturated carbocycles. The first kappa shape index (κ1) is 15.9. The second kappa shape index (κ2) is 7.00. The summed E-state index contributed by atoms with van der Waals surface area (Å²) < 4.78 is 4.96. The summed E-state index contributed by atoms with van der Waals surface area (Å²) in [6.45, 7) is 0.947. The molecule has 116 valence electrons. The van der Waals surface area contributed by atoms with Crippen LogP contribution in [-0.4, -0.2) is 55.2 Å². The van der Waals surface area contributed by atoms with Crippen molar-refractivity contribution in [1.82, 2.24) is 15.2 Å². The van der Waals surface area contributed by atoms with Crippen LogP contribution in [0.3, 0.4) is 0 Å². The zero-order valence-corrected chi connectivity index (χ0v) is 13.1. The number of methoxy groups -OCH3 is 1. The molecule has 0 aromatic carbocycles. The van der Waals surface area contributed by atoms with Crippen molar-refractivity contribution in [2.45, 2.75) is 37.3 Å². The van der Waals surface area contributed by atoms with E-state index in [0.717, 1.165) is 37.9 Å². The molecule has 1 aliphatic carbocycles. The number of hydrogen-bond acceptors (Lipinski definition) is 5. The molecule has 1 fully saturated rings. The van der Waals surface area contributed by atoms with Crippen molar-refractivity contribution in [1.29, 1.82) is 0 Å². The predicted molar refractivity (Wildman–Crippen MR) is 82.0 cm³/mol. The highest BCUT2D eigenvalue weighted by Gasteiger charge is 2.46. The standard InChI is InChI=1S/C16H25N3O2/c1-17-16(15(20)21-3)9-7-14(12-16)19(2)11-8-13-6-4-5-10-18-13/h4-6,10,14,17H,7-9,11-12H2,1-3H3. The van der Waals surface area contributed by atoms with Gasteiger partial charge in [-0.25, -0.2) is 0 Å². The summed E-state index contributed by atoms with van der Waals surface area (Å²) in [6.07, 6.45) is 5.39. The second-order valence-electron chi connectivity index (χ2n) is 5.77. The lowest BCUT2D eigenvalue weighted by Crippen LogP contribution is -2.50. The summed E-state index contributed by atoms with van der Waals surface area (Å²) in [5.41, 5.74) is 0.591. The Kier molecular flexibility index (Phi) is 5.31. The van der Waals surface area contributed by atoms with Crippen LogP contribution in [0, 0.1) is 0 Å². The number of esters is 1. The van der Waals surface area contributed by atoms with Crippen LogP contribution in [0.1, 0.15) is 25.0 Å². The van der Waals surface area contributed by atoms with Gasteiger partial charge < -0.3 is 15.0 Å². The van der Waals surface area contributed by atoms with E-state index in [4.69, 9.17) is 4.74 Å². The largest absolute Gasteiger partial charge is 0.468 e. The van der Waals surface area contributed by atoms with Gasteiger partial charge in [-0.15, -0.1) is 0 Å². The molecular weight excluding hydrogens is 266 g/mol. The van der Waals surface area contributed by atoms with Gasteiger partial charge >= 0.3 is 5.97 Å². The molecule has 2 atom stereocenters. The average molecular weight is 291 g/mol. The fourth-order valence-corrected chi connectivity index (χ4v) is 3.12. The molecule has 0 amide bonds. The molecule has 1 aromatic rings. The number of pyridine rings is 1. The number of carbonyl (C=O) groups excluding carboxylic acids is 1. The lowest BCUT2D eigenvalue weighted by molar-refractivity contribution is -0.148. The number of carbonyl (C=O) groups is 1. The Balaban J connectivity index is 1.90. The average Bonchev–Trinajstić information content (AvgIpc) is 2.98. The third-order valence-corrected chi connectivity index (χ3v) is 4.61. The van der Waals surface area contributed by atoms with Crippen molar-refractivity contribution < 1.29 is 9.53 Å². The van der Waals surface area contributed by atoms with Crippen molar-refractivity contribution in [3.63, 3.8) is 0 Å². The Labute approximate surface area is 126 Å². The Morgan fingerprint density at radius 1 is 1.57 bits per heavy atom. The van der Waals surface area contributed by atoms with Gasteiger partial charge in [-0.1, -0.05) is 6.07 Å². The van der Waals surface area contributed by atoms with E-state index >= 15 is 0 Å². The molecule has 5 nitrogen and oxygen atoms in total. The highest BCUT2D eigenvalue weighted by molar-refractivity contribution is 5.81. The maximum Gasteiger partial charge on any atom is 0.326 e. The summed E-state index contributed by atoms with van der Waals surface area (Å²) in [5.74, 6) is -0.148. The van der Waals surface area contributed by atoms with Crippen LogP contribution in [0.2, 0.25) is 0 Å². The fraction of sp³-hybridized carbons (Fsp3) is 0.625. The number of ether oxygens (including phenoxy) is 1. The van der Waals surface area contributed by atoms with Crippen LogP contribution < -0.4 is 5.32 Å². The first-order valence-electron chi connectivity index (χ1n) is 7.49. The van der Waals surface area contributed by atoms with Gasteiger partial charge in [0.25, 0.3) is 0 Å². The predicted octanol–water partition coefficient (Wildman–Crippen LogP) is 1.24. The minimum atomic E-state index is -0.515. The third-order valence-electron chi connectivity index (χ3n) is 4.61. The van der Waals surface area contributed by atoms with Crippen molar-refractivity contribution in [2.75, 3.05) is 27.7 Å². The second-order valence-corrected chi connectivity index (χ2v) is 5.77. The zero-order chi connectivity index (χ0) is 15.3. The number of likely N-dealkylation sites (N-methyl/N-ethyl adjacent to an activating group) is 2. The first-order chi connectivity index (χ1) is 10.1. The van der Waals surface area contributed by atoms with Gasteiger partial charge in [0.1, 0.15) is 5.54 Å². The quantitative estimate of drug-likeness (QED) is 0.799.